The highest BCUT2D eigenvalue weighted by molar-refractivity contribution is 6.13. The van der Waals surface area contributed by atoms with Crippen molar-refractivity contribution in [2.45, 2.75) is 25.7 Å². The van der Waals surface area contributed by atoms with Crippen LogP contribution in [0, 0.1) is 5.92 Å². The topological polar surface area (TPSA) is 9.23 Å². The van der Waals surface area contributed by atoms with Gasteiger partial charge in [0, 0.05) is 13.2 Å². The third-order valence-corrected chi connectivity index (χ3v) is 7.19. The summed E-state index contributed by atoms with van der Waals surface area (Å²) in [6, 6.07) is 28.8. The molecular weight excluding hydrogens is 388 g/mol. The second-order valence-corrected chi connectivity index (χ2v) is 9.14. The predicted octanol–water partition coefficient (Wildman–Crippen LogP) is 8.14. The van der Waals surface area contributed by atoms with Crippen LogP contribution in [-0.2, 0) is 4.74 Å². The molecule has 158 valence electrons. The van der Waals surface area contributed by atoms with Crippen LogP contribution in [0.15, 0.2) is 84.9 Å². The minimum Gasteiger partial charge on any atom is -0.381 e. The molecule has 0 atom stereocenters. The van der Waals surface area contributed by atoms with Crippen LogP contribution in [0.3, 0.4) is 0 Å². The first kappa shape index (κ1) is 19.5. The van der Waals surface area contributed by atoms with Gasteiger partial charge in [-0.3, -0.25) is 0 Å². The third kappa shape index (κ3) is 3.57. The molecule has 1 nitrogen and oxygen atoms in total. The van der Waals surface area contributed by atoms with E-state index in [0.717, 1.165) is 25.6 Å². The van der Waals surface area contributed by atoms with E-state index in [4.69, 9.17) is 4.74 Å². The van der Waals surface area contributed by atoms with E-state index < -0.39 is 0 Å². The smallest absolute Gasteiger partial charge is 0.0468 e. The molecule has 1 aliphatic carbocycles. The fraction of sp³-hybridized carbons (Fsp3) is 0.226. The summed E-state index contributed by atoms with van der Waals surface area (Å²) in [6.07, 6.45) is 9.66. The van der Waals surface area contributed by atoms with Gasteiger partial charge in [-0.2, -0.15) is 0 Å². The Hall–Kier alpha value is -3.16. The van der Waals surface area contributed by atoms with Crippen LogP contribution in [0.4, 0.5) is 0 Å². The minimum atomic E-state index is 0.800. The third-order valence-electron chi connectivity index (χ3n) is 7.19. The molecule has 1 saturated heterocycles. The van der Waals surface area contributed by atoms with Gasteiger partial charge < -0.3 is 4.74 Å². The number of hydrogen-bond acceptors (Lipinski definition) is 1. The molecule has 4 aromatic rings. The predicted molar refractivity (Wildman–Crippen MR) is 137 cm³/mol. The van der Waals surface area contributed by atoms with Crippen molar-refractivity contribution in [1.29, 1.82) is 0 Å². The molecule has 0 amide bonds. The molecule has 1 heteroatoms. The second-order valence-electron chi connectivity index (χ2n) is 9.14. The Morgan fingerprint density at radius 2 is 1.50 bits per heavy atom. The normalized spacial score (nSPS) is 17.8. The lowest BCUT2D eigenvalue weighted by Gasteiger charge is -2.22. The zero-order valence-corrected chi connectivity index (χ0v) is 18.4. The molecule has 0 spiro atoms. The van der Waals surface area contributed by atoms with E-state index in [1.807, 2.05) is 0 Å². The maximum atomic E-state index is 5.55. The maximum absolute atomic E-state index is 5.55. The largest absolute Gasteiger partial charge is 0.381 e. The monoisotopic (exact) mass is 416 g/mol. The highest BCUT2D eigenvalue weighted by Gasteiger charge is 2.20. The zero-order valence-electron chi connectivity index (χ0n) is 18.4. The van der Waals surface area contributed by atoms with Crippen LogP contribution in [-0.4, -0.2) is 13.2 Å². The Morgan fingerprint density at radius 3 is 2.41 bits per heavy atom. The number of fused-ring (bicyclic) bond motifs is 4. The van der Waals surface area contributed by atoms with Gasteiger partial charge in [-0.25, -0.2) is 0 Å². The van der Waals surface area contributed by atoms with Crippen molar-refractivity contribution >= 4 is 38.8 Å². The Labute approximate surface area is 190 Å². The van der Waals surface area contributed by atoms with Crippen LogP contribution >= 0.6 is 0 Å². The van der Waals surface area contributed by atoms with Gasteiger partial charge >= 0.3 is 0 Å². The zero-order chi connectivity index (χ0) is 21.3. The summed E-state index contributed by atoms with van der Waals surface area (Å²) in [7, 11) is 0. The van der Waals surface area contributed by atoms with Crippen molar-refractivity contribution in [3.05, 3.63) is 102 Å². The van der Waals surface area contributed by atoms with E-state index in [9.17, 15) is 0 Å². The second kappa shape index (κ2) is 8.41. The van der Waals surface area contributed by atoms with Gasteiger partial charge in [0.15, 0.2) is 0 Å². The van der Waals surface area contributed by atoms with Crippen molar-refractivity contribution in [1.82, 2.24) is 0 Å². The summed E-state index contributed by atoms with van der Waals surface area (Å²) >= 11 is 0. The summed E-state index contributed by atoms with van der Waals surface area (Å²) in [5.41, 5.74) is 6.90. The van der Waals surface area contributed by atoms with Crippen molar-refractivity contribution < 1.29 is 4.74 Å². The summed E-state index contributed by atoms with van der Waals surface area (Å²) in [4.78, 5) is 0. The number of benzene rings is 4. The van der Waals surface area contributed by atoms with Crippen molar-refractivity contribution in [3.63, 3.8) is 0 Å². The first-order valence-corrected chi connectivity index (χ1v) is 11.9. The number of hydrogen-bond donors (Lipinski definition) is 0. The molecule has 4 aromatic carbocycles. The summed E-state index contributed by atoms with van der Waals surface area (Å²) < 4.78 is 5.55. The van der Waals surface area contributed by atoms with E-state index in [1.54, 1.807) is 0 Å². The van der Waals surface area contributed by atoms with Gasteiger partial charge in [-0.05, 0) is 87.1 Å². The Bertz CT molecular complexity index is 1350. The Balaban J connectivity index is 1.42. The Kier molecular flexibility index (Phi) is 5.13. The van der Waals surface area contributed by atoms with Gasteiger partial charge in [-0.15, -0.1) is 0 Å². The standard InChI is InChI=1S/C31H28O/c1-2-11-30-23(6-1)14-15-24-7-5-8-26(31(24)30)21-27-20-25(28-9-3-4-10-29(27)28)13-12-22-16-18-32-19-17-22/h1-11,14-15,20-22H,12-13,16-19H2. The fourth-order valence-corrected chi connectivity index (χ4v) is 5.46. The Morgan fingerprint density at radius 1 is 0.750 bits per heavy atom. The van der Waals surface area contributed by atoms with E-state index in [1.165, 1.54) is 68.6 Å². The van der Waals surface area contributed by atoms with Crippen molar-refractivity contribution in [2.75, 3.05) is 13.2 Å². The molecule has 0 saturated carbocycles. The molecule has 32 heavy (non-hydrogen) atoms. The molecule has 2 aliphatic rings. The van der Waals surface area contributed by atoms with Gasteiger partial charge in [0.05, 0.1) is 0 Å². The first-order chi connectivity index (χ1) is 15.9. The number of rotatable bonds is 4. The lowest BCUT2D eigenvalue weighted by atomic mass is 9.91. The lowest BCUT2D eigenvalue weighted by Crippen LogP contribution is -2.15. The molecule has 0 aromatic heterocycles. The van der Waals surface area contributed by atoms with Crippen LogP contribution in [0.2, 0.25) is 0 Å². The average Bonchev–Trinajstić information content (AvgIpc) is 3.21. The van der Waals surface area contributed by atoms with Crippen LogP contribution < -0.4 is 0 Å². The number of ether oxygens (including phenoxy) is 1. The maximum Gasteiger partial charge on any atom is 0.0468 e. The quantitative estimate of drug-likeness (QED) is 0.305. The summed E-state index contributed by atoms with van der Waals surface area (Å²) in [5, 5.41) is 5.27. The van der Waals surface area contributed by atoms with Crippen LogP contribution in [0.25, 0.3) is 38.8 Å². The van der Waals surface area contributed by atoms with E-state index in [2.05, 4.69) is 91.0 Å². The molecule has 0 radical (unpaired) electrons. The van der Waals surface area contributed by atoms with E-state index in [-0.39, 0.29) is 0 Å². The SMILES string of the molecule is C(=C1C=C(CCC2CCOCC2)c2ccccc21)c1cccc2ccc3ccccc3c12. The molecule has 0 N–H and O–H groups in total. The lowest BCUT2D eigenvalue weighted by molar-refractivity contribution is 0.0644. The summed E-state index contributed by atoms with van der Waals surface area (Å²) in [5.74, 6) is 0.800. The molecule has 1 aliphatic heterocycles. The highest BCUT2D eigenvalue weighted by Crippen LogP contribution is 2.40. The minimum absolute atomic E-state index is 0.800. The van der Waals surface area contributed by atoms with E-state index >= 15 is 0 Å². The van der Waals surface area contributed by atoms with Gasteiger partial charge in [-0.1, -0.05) is 84.9 Å². The van der Waals surface area contributed by atoms with Crippen molar-refractivity contribution in [2.24, 2.45) is 5.92 Å². The number of allylic oxidation sites excluding steroid dienone is 3. The van der Waals surface area contributed by atoms with Gasteiger partial charge in [0.25, 0.3) is 0 Å². The average molecular weight is 417 g/mol. The molecular formula is C31H28O. The fourth-order valence-electron chi connectivity index (χ4n) is 5.46. The van der Waals surface area contributed by atoms with E-state index in [0.29, 0.717) is 0 Å². The van der Waals surface area contributed by atoms with Gasteiger partial charge in [0.1, 0.15) is 0 Å². The van der Waals surface area contributed by atoms with Gasteiger partial charge in [0.2, 0.25) is 0 Å². The molecule has 1 fully saturated rings. The molecule has 1 heterocycles. The van der Waals surface area contributed by atoms with Crippen LogP contribution in [0.1, 0.15) is 42.4 Å². The van der Waals surface area contributed by atoms with Crippen molar-refractivity contribution in [3.8, 4) is 0 Å². The summed E-state index contributed by atoms with van der Waals surface area (Å²) in [6.45, 7) is 1.86. The molecule has 0 unspecified atom stereocenters. The highest BCUT2D eigenvalue weighted by atomic mass is 16.5. The first-order valence-electron chi connectivity index (χ1n) is 11.9. The molecule has 6 rings (SSSR count). The molecule has 0 bridgehead atoms. The van der Waals surface area contributed by atoms with Crippen LogP contribution in [0.5, 0.6) is 0 Å².